The number of urea groups is 1. The molecule has 2 aromatic rings. The van der Waals surface area contributed by atoms with E-state index in [1.165, 1.54) is 0 Å². The smallest absolute Gasteiger partial charge is 0.320 e. The Hall–Kier alpha value is -2.96. The molecule has 128 valence electrons. The number of anilines is 1. The van der Waals surface area contributed by atoms with Crippen molar-refractivity contribution in [3.8, 4) is 11.3 Å². The van der Waals surface area contributed by atoms with Crippen LogP contribution in [0, 0.1) is 0 Å². The second-order valence-corrected chi connectivity index (χ2v) is 6.33. The van der Waals surface area contributed by atoms with Gasteiger partial charge in [-0.2, -0.15) is 0 Å². The van der Waals surface area contributed by atoms with Crippen LogP contribution in [0.25, 0.3) is 11.3 Å². The third-order valence-corrected chi connectivity index (χ3v) is 4.42. The van der Waals surface area contributed by atoms with E-state index in [1.54, 1.807) is 23.4 Å². The average Bonchev–Trinajstić information content (AvgIpc) is 3.41. The van der Waals surface area contributed by atoms with Gasteiger partial charge in [-0.3, -0.25) is 9.78 Å². The lowest BCUT2D eigenvalue weighted by molar-refractivity contribution is -0.116. The van der Waals surface area contributed by atoms with E-state index in [9.17, 15) is 9.59 Å². The third kappa shape index (κ3) is 3.45. The molecule has 4 rings (SSSR count). The maximum absolute atomic E-state index is 12.3. The molecular formula is C18H19N5O2. The lowest BCUT2D eigenvalue weighted by Gasteiger charge is -2.17. The van der Waals surface area contributed by atoms with Gasteiger partial charge < -0.3 is 15.1 Å². The van der Waals surface area contributed by atoms with Gasteiger partial charge in [0.15, 0.2) is 0 Å². The Bertz CT molecular complexity index is 791. The summed E-state index contributed by atoms with van der Waals surface area (Å²) >= 11 is 0. The summed E-state index contributed by atoms with van der Waals surface area (Å²) < 4.78 is 0. The van der Waals surface area contributed by atoms with E-state index in [1.807, 2.05) is 29.2 Å². The van der Waals surface area contributed by atoms with Gasteiger partial charge in [-0.05, 0) is 37.1 Å². The summed E-state index contributed by atoms with van der Waals surface area (Å²) in [6, 6.07) is 9.54. The number of carbonyl (C=O) groups excluding carboxylic acids is 2. The highest BCUT2D eigenvalue weighted by Gasteiger charge is 2.39. The number of carbonyl (C=O) groups is 2. The minimum atomic E-state index is -0.234. The van der Waals surface area contributed by atoms with Crippen LogP contribution in [-0.2, 0) is 4.79 Å². The van der Waals surface area contributed by atoms with E-state index in [2.05, 4.69) is 15.3 Å². The minimum Gasteiger partial charge on any atom is -0.320 e. The fraction of sp³-hybridized carbons (Fsp3) is 0.333. The van der Waals surface area contributed by atoms with E-state index in [-0.39, 0.29) is 18.5 Å². The molecule has 25 heavy (non-hydrogen) atoms. The van der Waals surface area contributed by atoms with Crippen molar-refractivity contribution in [3.05, 3.63) is 42.7 Å². The summed E-state index contributed by atoms with van der Waals surface area (Å²) in [7, 11) is 0. The first-order valence-electron chi connectivity index (χ1n) is 8.43. The molecule has 3 amide bonds. The van der Waals surface area contributed by atoms with Gasteiger partial charge in [0.05, 0.1) is 5.69 Å². The summed E-state index contributed by atoms with van der Waals surface area (Å²) in [5.41, 5.74) is 1.62. The maximum Gasteiger partial charge on any atom is 0.320 e. The van der Waals surface area contributed by atoms with Gasteiger partial charge in [0, 0.05) is 37.1 Å². The van der Waals surface area contributed by atoms with Gasteiger partial charge in [0.1, 0.15) is 12.4 Å². The molecule has 0 unspecified atom stereocenters. The maximum atomic E-state index is 12.3. The summed E-state index contributed by atoms with van der Waals surface area (Å²) in [6.45, 7) is 1.37. The van der Waals surface area contributed by atoms with Gasteiger partial charge in [-0.15, -0.1) is 0 Å². The Morgan fingerprint density at radius 2 is 2.08 bits per heavy atom. The van der Waals surface area contributed by atoms with Gasteiger partial charge in [0.2, 0.25) is 5.91 Å². The van der Waals surface area contributed by atoms with Crippen LogP contribution in [-0.4, -0.2) is 57.4 Å². The number of hydrogen-bond acceptors (Lipinski definition) is 4. The molecule has 0 atom stereocenters. The number of nitrogens with one attached hydrogen (secondary N) is 1. The molecule has 0 bridgehead atoms. The van der Waals surface area contributed by atoms with Crippen molar-refractivity contribution in [2.75, 3.05) is 25.0 Å². The van der Waals surface area contributed by atoms with Crippen molar-refractivity contribution < 1.29 is 9.59 Å². The topological polar surface area (TPSA) is 78.4 Å². The molecule has 7 nitrogen and oxygen atoms in total. The van der Waals surface area contributed by atoms with Crippen LogP contribution in [0.4, 0.5) is 10.6 Å². The number of pyridine rings is 2. The molecule has 1 saturated heterocycles. The number of nitrogens with zero attached hydrogens (tertiary/aromatic N) is 4. The first kappa shape index (κ1) is 15.6. The zero-order valence-electron chi connectivity index (χ0n) is 13.8. The van der Waals surface area contributed by atoms with E-state index >= 15 is 0 Å². The van der Waals surface area contributed by atoms with Crippen molar-refractivity contribution in [3.63, 3.8) is 0 Å². The molecule has 3 heterocycles. The Morgan fingerprint density at radius 1 is 1.20 bits per heavy atom. The van der Waals surface area contributed by atoms with Gasteiger partial charge in [-0.25, -0.2) is 9.78 Å². The van der Waals surface area contributed by atoms with Gasteiger partial charge in [0.25, 0.3) is 0 Å². The predicted octanol–water partition coefficient (Wildman–Crippen LogP) is 1.98. The highest BCUT2D eigenvalue weighted by molar-refractivity contribution is 5.94. The van der Waals surface area contributed by atoms with E-state index < -0.39 is 0 Å². The summed E-state index contributed by atoms with van der Waals surface area (Å²) in [5.74, 6) is 0.235. The second kappa shape index (κ2) is 6.51. The third-order valence-electron chi connectivity index (χ3n) is 4.42. The SMILES string of the molecule is O=C(CN1CCN(C2CC2)C1=O)Nc1cccc(-c2cccnc2)n1. The van der Waals surface area contributed by atoms with Crippen molar-refractivity contribution in [1.29, 1.82) is 0 Å². The van der Waals surface area contributed by atoms with Crippen molar-refractivity contribution in [2.24, 2.45) is 0 Å². The van der Waals surface area contributed by atoms with E-state index in [0.29, 0.717) is 24.9 Å². The van der Waals surface area contributed by atoms with Crippen molar-refractivity contribution >= 4 is 17.8 Å². The van der Waals surface area contributed by atoms with Crippen molar-refractivity contribution in [1.82, 2.24) is 19.8 Å². The van der Waals surface area contributed by atoms with Gasteiger partial charge >= 0.3 is 6.03 Å². The normalized spacial score (nSPS) is 17.0. The number of hydrogen-bond donors (Lipinski definition) is 1. The summed E-state index contributed by atoms with van der Waals surface area (Å²) in [6.07, 6.45) is 5.59. The highest BCUT2D eigenvalue weighted by Crippen LogP contribution is 2.29. The van der Waals surface area contributed by atoms with E-state index in [0.717, 1.165) is 24.1 Å². The molecule has 0 spiro atoms. The molecule has 1 aliphatic heterocycles. The molecule has 7 heteroatoms. The Labute approximate surface area is 145 Å². The zero-order chi connectivity index (χ0) is 17.2. The van der Waals surface area contributed by atoms with Crippen molar-refractivity contribution in [2.45, 2.75) is 18.9 Å². The molecule has 0 radical (unpaired) electrons. The quantitative estimate of drug-likeness (QED) is 0.905. The summed E-state index contributed by atoms with van der Waals surface area (Å²) in [5, 5.41) is 2.78. The molecule has 1 aliphatic carbocycles. The molecule has 0 aromatic carbocycles. The summed E-state index contributed by atoms with van der Waals surface area (Å²) in [4.78, 5) is 36.5. The second-order valence-electron chi connectivity index (χ2n) is 6.33. The van der Waals surface area contributed by atoms with Crippen LogP contribution in [0.2, 0.25) is 0 Å². The van der Waals surface area contributed by atoms with Gasteiger partial charge in [-0.1, -0.05) is 6.07 Å². The Morgan fingerprint density at radius 3 is 2.84 bits per heavy atom. The fourth-order valence-electron chi connectivity index (χ4n) is 3.01. The van der Waals surface area contributed by atoms with Crippen LogP contribution in [0.5, 0.6) is 0 Å². The number of amides is 3. The number of aromatic nitrogens is 2. The Balaban J connectivity index is 1.39. The fourth-order valence-corrected chi connectivity index (χ4v) is 3.01. The first-order chi connectivity index (χ1) is 12.2. The minimum absolute atomic E-state index is 0.0327. The van der Waals surface area contributed by atoms with E-state index in [4.69, 9.17) is 0 Å². The van der Waals surface area contributed by atoms with Crippen LogP contribution >= 0.6 is 0 Å². The number of rotatable bonds is 5. The lowest BCUT2D eigenvalue weighted by atomic mass is 10.2. The molecule has 2 fully saturated rings. The molecule has 1 N–H and O–H groups in total. The highest BCUT2D eigenvalue weighted by atomic mass is 16.2. The van der Waals surface area contributed by atoms with Crippen LogP contribution < -0.4 is 5.32 Å². The zero-order valence-corrected chi connectivity index (χ0v) is 13.8. The standard InChI is InChI=1S/C18H19N5O2/c24-17(12-22-9-10-23(18(22)25)14-6-7-14)21-16-5-1-4-15(20-16)13-3-2-8-19-11-13/h1-5,8,11,14H,6-7,9-10,12H2,(H,20,21,24). The predicted molar refractivity (Wildman–Crippen MR) is 92.8 cm³/mol. The largest absolute Gasteiger partial charge is 0.320 e. The van der Waals surface area contributed by atoms with Crippen LogP contribution in [0.3, 0.4) is 0 Å². The molecular weight excluding hydrogens is 318 g/mol. The first-order valence-corrected chi connectivity index (χ1v) is 8.43. The molecule has 2 aliphatic rings. The Kier molecular flexibility index (Phi) is 4.05. The molecule has 1 saturated carbocycles. The van der Waals surface area contributed by atoms with Crippen LogP contribution in [0.1, 0.15) is 12.8 Å². The monoisotopic (exact) mass is 337 g/mol. The average molecular weight is 337 g/mol. The molecule has 2 aromatic heterocycles. The van der Waals surface area contributed by atoms with Crippen LogP contribution in [0.15, 0.2) is 42.7 Å². The lowest BCUT2D eigenvalue weighted by Crippen LogP contribution is -2.38.